The molecule has 5 atom stereocenters. The highest BCUT2D eigenvalue weighted by molar-refractivity contribution is 5.29. The molecule has 4 fully saturated rings. The van der Waals surface area contributed by atoms with Gasteiger partial charge in [-0.15, -0.1) is 0 Å². The highest BCUT2D eigenvalue weighted by Crippen LogP contribution is 2.64. The summed E-state index contributed by atoms with van der Waals surface area (Å²) in [5.74, 6) is 6.10. The van der Waals surface area contributed by atoms with Gasteiger partial charge in [0.15, 0.2) is 0 Å². The number of hydrogen-bond donors (Lipinski definition) is 0. The van der Waals surface area contributed by atoms with Gasteiger partial charge in [-0.2, -0.15) is 0 Å². The van der Waals surface area contributed by atoms with Gasteiger partial charge in [0.05, 0.1) is 0 Å². The summed E-state index contributed by atoms with van der Waals surface area (Å²) < 4.78 is 0. The molecule has 4 aliphatic carbocycles. The van der Waals surface area contributed by atoms with Gasteiger partial charge in [0.1, 0.15) is 0 Å². The van der Waals surface area contributed by atoms with Crippen LogP contribution in [-0.2, 0) is 5.41 Å². The second-order valence-corrected chi connectivity index (χ2v) is 10.4. The van der Waals surface area contributed by atoms with E-state index in [1.54, 1.807) is 18.4 Å². The minimum absolute atomic E-state index is 0.425. The van der Waals surface area contributed by atoms with E-state index in [0.29, 0.717) is 5.41 Å². The molecule has 0 bridgehead atoms. The van der Waals surface area contributed by atoms with Gasteiger partial charge in [0.2, 0.25) is 0 Å². The summed E-state index contributed by atoms with van der Waals surface area (Å²) in [4.78, 5) is 0. The van der Waals surface area contributed by atoms with Crippen molar-refractivity contribution < 1.29 is 0 Å². The fourth-order valence-corrected chi connectivity index (χ4v) is 8.56. The molecule has 5 rings (SSSR count). The molecule has 5 unspecified atom stereocenters. The molecule has 0 heteroatoms. The molecule has 0 spiro atoms. The zero-order valence-electron chi connectivity index (χ0n) is 16.8. The Labute approximate surface area is 161 Å². The largest absolute Gasteiger partial charge is 0.0622 e. The van der Waals surface area contributed by atoms with Gasteiger partial charge < -0.3 is 0 Å². The van der Waals surface area contributed by atoms with Gasteiger partial charge in [0.25, 0.3) is 0 Å². The molecule has 26 heavy (non-hydrogen) atoms. The molecule has 0 radical (unpaired) electrons. The first-order valence-electron chi connectivity index (χ1n) is 11.9. The lowest BCUT2D eigenvalue weighted by Gasteiger charge is -2.48. The van der Waals surface area contributed by atoms with Crippen LogP contribution in [0.15, 0.2) is 30.3 Å². The van der Waals surface area contributed by atoms with Gasteiger partial charge in [-0.3, -0.25) is 0 Å². The van der Waals surface area contributed by atoms with E-state index in [1.807, 2.05) is 0 Å². The first-order chi connectivity index (χ1) is 12.8. The number of benzene rings is 1. The molecular weight excluding hydrogens is 312 g/mol. The highest BCUT2D eigenvalue weighted by atomic mass is 14.6. The lowest BCUT2D eigenvalue weighted by Crippen LogP contribution is -2.44. The summed E-state index contributed by atoms with van der Waals surface area (Å²) in [6.45, 7) is 2.73. The summed E-state index contributed by atoms with van der Waals surface area (Å²) in [5.41, 5.74) is 2.11. The quantitative estimate of drug-likeness (QED) is 0.533. The van der Waals surface area contributed by atoms with Crippen molar-refractivity contribution >= 4 is 0 Å². The topological polar surface area (TPSA) is 0 Å². The van der Waals surface area contributed by atoms with Crippen molar-refractivity contribution in [2.24, 2.45) is 35.5 Å². The van der Waals surface area contributed by atoms with E-state index in [4.69, 9.17) is 0 Å². The van der Waals surface area contributed by atoms with Gasteiger partial charge in [0, 0.05) is 0 Å². The van der Waals surface area contributed by atoms with Crippen molar-refractivity contribution in [3.8, 4) is 0 Å². The minimum Gasteiger partial charge on any atom is -0.0622 e. The SMILES string of the molecule is CC(c1ccccc1)(C1CCCC1)C1C2CCCCC2C2CCCCC21. The van der Waals surface area contributed by atoms with Crippen LogP contribution in [0.25, 0.3) is 0 Å². The van der Waals surface area contributed by atoms with E-state index in [1.165, 1.54) is 64.2 Å². The van der Waals surface area contributed by atoms with Gasteiger partial charge in [-0.05, 0) is 85.0 Å². The van der Waals surface area contributed by atoms with Gasteiger partial charge >= 0.3 is 0 Å². The van der Waals surface area contributed by atoms with E-state index in [0.717, 1.165) is 35.5 Å². The maximum absolute atomic E-state index is 2.73. The van der Waals surface area contributed by atoms with Crippen LogP contribution >= 0.6 is 0 Å². The molecule has 0 aliphatic heterocycles. The van der Waals surface area contributed by atoms with Crippen molar-refractivity contribution in [3.05, 3.63) is 35.9 Å². The average molecular weight is 351 g/mol. The second-order valence-electron chi connectivity index (χ2n) is 10.4. The van der Waals surface area contributed by atoms with Crippen LogP contribution in [0, 0.1) is 35.5 Å². The fourth-order valence-electron chi connectivity index (χ4n) is 8.56. The Bertz CT molecular complexity index is 576. The minimum atomic E-state index is 0.425. The summed E-state index contributed by atoms with van der Waals surface area (Å²) in [6.07, 6.45) is 18.1. The van der Waals surface area contributed by atoms with Crippen molar-refractivity contribution in [2.75, 3.05) is 0 Å². The maximum atomic E-state index is 2.73. The molecule has 0 nitrogen and oxygen atoms in total. The first-order valence-corrected chi connectivity index (χ1v) is 11.9. The van der Waals surface area contributed by atoms with Crippen molar-refractivity contribution in [1.29, 1.82) is 0 Å². The number of fused-ring (bicyclic) bond motifs is 3. The molecule has 0 N–H and O–H groups in total. The van der Waals surface area contributed by atoms with Crippen molar-refractivity contribution in [2.45, 2.75) is 89.4 Å². The summed E-state index contributed by atoms with van der Waals surface area (Å²) in [5, 5.41) is 0. The standard InChI is InChI=1S/C26H38/c1-26(20-13-5-6-14-20,19-11-3-2-4-12-19)25-23-17-9-7-15-21(23)22-16-8-10-18-24(22)25/h2-4,11-12,20-25H,5-10,13-18H2,1H3. The average Bonchev–Trinajstić information content (AvgIpc) is 3.35. The Kier molecular flexibility index (Phi) is 4.66. The van der Waals surface area contributed by atoms with Gasteiger partial charge in [-0.25, -0.2) is 0 Å². The molecule has 0 heterocycles. The summed E-state index contributed by atoms with van der Waals surface area (Å²) in [7, 11) is 0. The number of rotatable bonds is 3. The predicted molar refractivity (Wildman–Crippen MR) is 110 cm³/mol. The molecule has 4 saturated carbocycles. The molecule has 1 aromatic carbocycles. The summed E-state index contributed by atoms with van der Waals surface area (Å²) >= 11 is 0. The van der Waals surface area contributed by atoms with Crippen molar-refractivity contribution in [1.82, 2.24) is 0 Å². The third-order valence-corrected chi connectivity index (χ3v) is 9.51. The molecule has 0 aromatic heterocycles. The predicted octanol–water partition coefficient (Wildman–Crippen LogP) is 7.38. The lowest BCUT2D eigenvalue weighted by molar-refractivity contribution is 0.0810. The van der Waals surface area contributed by atoms with E-state index in [2.05, 4.69) is 37.3 Å². The Hall–Kier alpha value is -0.780. The normalized spacial score (nSPS) is 40.0. The Morgan fingerprint density at radius 3 is 1.62 bits per heavy atom. The zero-order chi connectivity index (χ0) is 17.6. The zero-order valence-corrected chi connectivity index (χ0v) is 16.8. The highest BCUT2D eigenvalue weighted by Gasteiger charge is 2.58. The van der Waals surface area contributed by atoms with E-state index >= 15 is 0 Å². The molecule has 4 aliphatic rings. The molecule has 142 valence electrons. The van der Waals surface area contributed by atoms with Gasteiger partial charge in [-0.1, -0.05) is 75.8 Å². The summed E-state index contributed by atoms with van der Waals surface area (Å²) in [6, 6.07) is 11.8. The third-order valence-electron chi connectivity index (χ3n) is 9.51. The Morgan fingerprint density at radius 2 is 1.08 bits per heavy atom. The maximum Gasteiger partial charge on any atom is -0.00133 e. The molecular formula is C26H38. The Morgan fingerprint density at radius 1 is 0.615 bits per heavy atom. The monoisotopic (exact) mass is 350 g/mol. The van der Waals surface area contributed by atoms with E-state index in [-0.39, 0.29) is 0 Å². The lowest BCUT2D eigenvalue weighted by atomic mass is 9.56. The van der Waals surface area contributed by atoms with E-state index in [9.17, 15) is 0 Å². The molecule has 0 amide bonds. The fraction of sp³-hybridized carbons (Fsp3) is 0.769. The smallest absolute Gasteiger partial charge is 0.00133 e. The third kappa shape index (κ3) is 2.61. The molecule has 1 aromatic rings. The second kappa shape index (κ2) is 6.99. The molecule has 0 saturated heterocycles. The van der Waals surface area contributed by atoms with E-state index < -0.39 is 0 Å². The van der Waals surface area contributed by atoms with Crippen LogP contribution in [0.5, 0.6) is 0 Å². The van der Waals surface area contributed by atoms with Crippen molar-refractivity contribution in [3.63, 3.8) is 0 Å². The van der Waals surface area contributed by atoms with Crippen LogP contribution in [0.4, 0.5) is 0 Å². The number of hydrogen-bond acceptors (Lipinski definition) is 0. The van der Waals surface area contributed by atoms with Crippen LogP contribution in [0.1, 0.15) is 89.5 Å². The Balaban J connectivity index is 1.60. The van der Waals surface area contributed by atoms with Crippen LogP contribution in [-0.4, -0.2) is 0 Å². The van der Waals surface area contributed by atoms with Crippen LogP contribution in [0.2, 0.25) is 0 Å². The first kappa shape index (κ1) is 17.3. The van der Waals surface area contributed by atoms with Crippen LogP contribution in [0.3, 0.4) is 0 Å². The van der Waals surface area contributed by atoms with Crippen LogP contribution < -0.4 is 0 Å².